The largest absolute Gasteiger partial charge is 0.380 e. The lowest BCUT2D eigenvalue weighted by Gasteiger charge is -2.07. The van der Waals surface area contributed by atoms with Crippen LogP contribution < -0.4 is 5.32 Å². The van der Waals surface area contributed by atoms with E-state index in [0.717, 1.165) is 11.1 Å². The standard InChI is InChI=1S/C15H20N4O3/c1-4-13-14(19(20)21)15(18(2)17-13)16-9-11-5-7-12(8-6-11)10-22-3/h5-8,16H,4,9-10H2,1-3H3. The fourth-order valence-corrected chi connectivity index (χ4v) is 2.30. The van der Waals surface area contributed by atoms with E-state index in [4.69, 9.17) is 4.74 Å². The molecule has 0 unspecified atom stereocenters. The summed E-state index contributed by atoms with van der Waals surface area (Å²) in [6, 6.07) is 7.92. The van der Waals surface area contributed by atoms with Crippen LogP contribution in [0.2, 0.25) is 0 Å². The van der Waals surface area contributed by atoms with Gasteiger partial charge in [0.2, 0.25) is 5.82 Å². The third-order valence-corrected chi connectivity index (χ3v) is 3.40. The number of nitrogens with one attached hydrogen (secondary N) is 1. The first-order valence-electron chi connectivity index (χ1n) is 7.07. The van der Waals surface area contributed by atoms with Crippen LogP contribution in [0.15, 0.2) is 24.3 Å². The second-order valence-corrected chi connectivity index (χ2v) is 4.98. The van der Waals surface area contributed by atoms with Gasteiger partial charge in [-0.2, -0.15) is 5.10 Å². The summed E-state index contributed by atoms with van der Waals surface area (Å²) in [5.74, 6) is 0.433. The molecule has 0 fully saturated rings. The van der Waals surface area contributed by atoms with Gasteiger partial charge in [-0.1, -0.05) is 31.2 Å². The topological polar surface area (TPSA) is 82.2 Å². The number of hydrogen-bond donors (Lipinski definition) is 1. The molecule has 1 heterocycles. The van der Waals surface area contributed by atoms with Crippen molar-refractivity contribution in [2.45, 2.75) is 26.5 Å². The molecular weight excluding hydrogens is 284 g/mol. The Morgan fingerprint density at radius 1 is 1.32 bits per heavy atom. The molecule has 7 heteroatoms. The number of aryl methyl sites for hydroxylation is 2. The summed E-state index contributed by atoms with van der Waals surface area (Å²) < 4.78 is 6.59. The molecule has 1 N–H and O–H groups in total. The van der Waals surface area contributed by atoms with Crippen LogP contribution in [0.4, 0.5) is 11.5 Å². The third-order valence-electron chi connectivity index (χ3n) is 3.40. The van der Waals surface area contributed by atoms with E-state index in [1.165, 1.54) is 4.68 Å². The number of methoxy groups -OCH3 is 1. The molecule has 0 aliphatic rings. The molecule has 0 aliphatic carbocycles. The van der Waals surface area contributed by atoms with Crippen LogP contribution in [0.1, 0.15) is 23.7 Å². The minimum Gasteiger partial charge on any atom is -0.380 e. The Morgan fingerprint density at radius 2 is 1.95 bits per heavy atom. The molecule has 2 aromatic rings. The predicted molar refractivity (Wildman–Crippen MR) is 83.7 cm³/mol. The molecule has 0 saturated carbocycles. The van der Waals surface area contributed by atoms with Gasteiger partial charge in [0.1, 0.15) is 5.69 Å². The Labute approximate surface area is 129 Å². The van der Waals surface area contributed by atoms with Gasteiger partial charge in [0.25, 0.3) is 0 Å². The van der Waals surface area contributed by atoms with Crippen molar-refractivity contribution in [3.05, 3.63) is 51.2 Å². The van der Waals surface area contributed by atoms with Gasteiger partial charge in [0.05, 0.1) is 11.5 Å². The first kappa shape index (κ1) is 16.0. The fraction of sp³-hybridized carbons (Fsp3) is 0.400. The maximum absolute atomic E-state index is 11.2. The van der Waals surface area contributed by atoms with Crippen molar-refractivity contribution in [2.75, 3.05) is 12.4 Å². The van der Waals surface area contributed by atoms with Crippen molar-refractivity contribution in [3.8, 4) is 0 Å². The highest BCUT2D eigenvalue weighted by Gasteiger charge is 2.25. The molecule has 0 saturated heterocycles. The molecule has 0 radical (unpaired) electrons. The summed E-state index contributed by atoms with van der Waals surface area (Å²) in [5.41, 5.74) is 2.67. The molecule has 7 nitrogen and oxygen atoms in total. The molecular formula is C15H20N4O3. The number of nitrogens with zero attached hydrogens (tertiary/aromatic N) is 3. The average Bonchev–Trinajstić information content (AvgIpc) is 2.83. The van der Waals surface area contributed by atoms with Gasteiger partial charge < -0.3 is 10.1 Å². The van der Waals surface area contributed by atoms with E-state index < -0.39 is 0 Å². The lowest BCUT2D eigenvalue weighted by Crippen LogP contribution is -2.06. The van der Waals surface area contributed by atoms with E-state index in [0.29, 0.717) is 31.1 Å². The lowest BCUT2D eigenvalue weighted by atomic mass is 10.1. The first-order chi connectivity index (χ1) is 10.6. The van der Waals surface area contributed by atoms with Gasteiger partial charge in [-0.3, -0.25) is 10.1 Å². The number of benzene rings is 1. The third kappa shape index (κ3) is 3.43. The molecule has 1 aromatic carbocycles. The monoisotopic (exact) mass is 304 g/mol. The van der Waals surface area contributed by atoms with Crippen molar-refractivity contribution >= 4 is 11.5 Å². The van der Waals surface area contributed by atoms with Crippen LogP contribution >= 0.6 is 0 Å². The normalized spacial score (nSPS) is 10.7. The van der Waals surface area contributed by atoms with Gasteiger partial charge in [0.15, 0.2) is 0 Å². The first-order valence-corrected chi connectivity index (χ1v) is 7.07. The molecule has 0 aliphatic heterocycles. The Kier molecular flexibility index (Phi) is 5.11. The second-order valence-electron chi connectivity index (χ2n) is 4.98. The van der Waals surface area contributed by atoms with Crippen molar-refractivity contribution in [1.29, 1.82) is 0 Å². The molecule has 118 valence electrons. The zero-order valence-electron chi connectivity index (χ0n) is 13.0. The summed E-state index contributed by atoms with van der Waals surface area (Å²) in [5, 5.41) is 18.6. The molecule has 0 spiro atoms. The van der Waals surface area contributed by atoms with Gasteiger partial charge in [-0.05, 0) is 17.5 Å². The van der Waals surface area contributed by atoms with Crippen molar-refractivity contribution in [2.24, 2.45) is 7.05 Å². The van der Waals surface area contributed by atoms with Crippen LogP contribution in [-0.2, 0) is 31.4 Å². The zero-order valence-corrected chi connectivity index (χ0v) is 13.0. The Hall–Kier alpha value is -2.41. The van der Waals surface area contributed by atoms with Crippen LogP contribution in [-0.4, -0.2) is 21.8 Å². The van der Waals surface area contributed by atoms with Gasteiger partial charge in [0, 0.05) is 20.7 Å². The van der Waals surface area contributed by atoms with Crippen molar-refractivity contribution in [1.82, 2.24) is 9.78 Å². The van der Waals surface area contributed by atoms with E-state index >= 15 is 0 Å². The van der Waals surface area contributed by atoms with E-state index in [1.807, 2.05) is 31.2 Å². The summed E-state index contributed by atoms with van der Waals surface area (Å²) in [6.07, 6.45) is 0.525. The molecule has 0 bridgehead atoms. The summed E-state index contributed by atoms with van der Waals surface area (Å²) in [6.45, 7) is 2.92. The van der Waals surface area contributed by atoms with E-state index in [1.54, 1.807) is 14.2 Å². The second kappa shape index (κ2) is 7.04. The van der Waals surface area contributed by atoms with Crippen molar-refractivity contribution < 1.29 is 9.66 Å². The van der Waals surface area contributed by atoms with Gasteiger partial charge in [-0.25, -0.2) is 4.68 Å². The zero-order chi connectivity index (χ0) is 16.1. The Balaban J connectivity index is 2.14. The quantitative estimate of drug-likeness (QED) is 0.628. The van der Waals surface area contributed by atoms with Crippen LogP contribution in [0.3, 0.4) is 0 Å². The molecule has 2 rings (SSSR count). The predicted octanol–water partition coefficient (Wildman–Crippen LogP) is 2.65. The van der Waals surface area contributed by atoms with Crippen LogP contribution in [0.25, 0.3) is 0 Å². The molecule has 0 atom stereocenters. The minimum absolute atomic E-state index is 0.0565. The van der Waals surface area contributed by atoms with Gasteiger partial charge >= 0.3 is 5.69 Å². The van der Waals surface area contributed by atoms with E-state index in [-0.39, 0.29) is 10.6 Å². The van der Waals surface area contributed by atoms with Crippen LogP contribution in [0, 0.1) is 10.1 Å². The highest BCUT2D eigenvalue weighted by atomic mass is 16.6. The van der Waals surface area contributed by atoms with Crippen LogP contribution in [0.5, 0.6) is 0 Å². The maximum atomic E-state index is 11.2. The van der Waals surface area contributed by atoms with E-state index in [9.17, 15) is 10.1 Å². The number of anilines is 1. The minimum atomic E-state index is -0.379. The number of rotatable bonds is 7. The SMILES string of the molecule is CCc1nn(C)c(NCc2ccc(COC)cc2)c1[N+](=O)[O-]. The molecule has 22 heavy (non-hydrogen) atoms. The van der Waals surface area contributed by atoms with Crippen molar-refractivity contribution in [3.63, 3.8) is 0 Å². The van der Waals surface area contributed by atoms with E-state index in [2.05, 4.69) is 10.4 Å². The van der Waals surface area contributed by atoms with Gasteiger partial charge in [-0.15, -0.1) is 0 Å². The summed E-state index contributed by atoms with van der Waals surface area (Å²) in [7, 11) is 3.36. The summed E-state index contributed by atoms with van der Waals surface area (Å²) in [4.78, 5) is 10.9. The number of nitro groups is 1. The Bertz CT molecular complexity index is 650. The Morgan fingerprint density at radius 3 is 2.50 bits per heavy atom. The maximum Gasteiger partial charge on any atom is 0.333 e. The average molecular weight is 304 g/mol. The highest BCUT2D eigenvalue weighted by Crippen LogP contribution is 2.28. The fourth-order valence-electron chi connectivity index (χ4n) is 2.30. The molecule has 1 aromatic heterocycles. The molecule has 0 amide bonds. The number of ether oxygens (including phenoxy) is 1. The number of hydrogen-bond acceptors (Lipinski definition) is 5. The smallest absolute Gasteiger partial charge is 0.333 e. The number of aromatic nitrogens is 2. The lowest BCUT2D eigenvalue weighted by molar-refractivity contribution is -0.384. The highest BCUT2D eigenvalue weighted by molar-refractivity contribution is 5.60. The summed E-state index contributed by atoms with van der Waals surface area (Å²) >= 11 is 0.